The van der Waals surface area contributed by atoms with E-state index < -0.39 is 11.6 Å². The van der Waals surface area contributed by atoms with E-state index in [1.54, 1.807) is 10.6 Å². The summed E-state index contributed by atoms with van der Waals surface area (Å²) in [4.78, 5) is 16.8. The number of pyridine rings is 1. The number of hydrogen-bond donors (Lipinski definition) is 2. The molecule has 0 aromatic carbocycles. The maximum atomic E-state index is 13.7. The van der Waals surface area contributed by atoms with Gasteiger partial charge in [0.1, 0.15) is 17.7 Å². The molecule has 0 saturated carbocycles. The van der Waals surface area contributed by atoms with Crippen molar-refractivity contribution in [3.63, 3.8) is 0 Å². The first-order chi connectivity index (χ1) is 10.9. The summed E-state index contributed by atoms with van der Waals surface area (Å²) in [5.41, 5.74) is 0.856. The Labute approximate surface area is 134 Å². The van der Waals surface area contributed by atoms with Gasteiger partial charge in [-0.3, -0.25) is 9.20 Å². The van der Waals surface area contributed by atoms with Crippen LogP contribution in [0, 0.1) is 12.7 Å². The average Bonchev–Trinajstić information content (AvgIpc) is 2.92. The van der Waals surface area contributed by atoms with Crippen molar-refractivity contribution in [2.45, 2.75) is 32.4 Å². The van der Waals surface area contributed by atoms with Crippen LogP contribution >= 0.6 is 0 Å². The van der Waals surface area contributed by atoms with Gasteiger partial charge in [-0.15, -0.1) is 0 Å². The number of hydrogen-bond acceptors (Lipinski definition) is 4. The third-order valence-electron chi connectivity index (χ3n) is 4.02. The molecule has 2 aromatic rings. The molecule has 0 spiro atoms. The normalized spacial score (nSPS) is 19.0. The Balaban J connectivity index is 1.88. The molecule has 7 heteroatoms. The number of rotatable bonds is 3. The number of aromatic nitrogens is 2. The average molecular weight is 320 g/mol. The predicted molar refractivity (Wildman–Crippen MR) is 83.7 cm³/mol. The lowest BCUT2D eigenvalue weighted by molar-refractivity contribution is -0.136. The number of halogens is 1. The quantitative estimate of drug-likeness (QED) is 0.889. The molecule has 0 bridgehead atoms. The fourth-order valence-electron chi connectivity index (χ4n) is 2.87. The Morgan fingerprint density at radius 1 is 1.57 bits per heavy atom. The molecule has 2 N–H and O–H groups in total. The number of morpholine rings is 1. The number of carbonyl (C=O) groups excluding carboxylic acids is 1. The van der Waals surface area contributed by atoms with Crippen molar-refractivity contribution < 1.29 is 13.9 Å². The topological polar surface area (TPSA) is 67.7 Å². The van der Waals surface area contributed by atoms with Crippen LogP contribution in [0.3, 0.4) is 0 Å². The van der Waals surface area contributed by atoms with Gasteiger partial charge in [-0.25, -0.2) is 9.37 Å². The zero-order valence-electron chi connectivity index (χ0n) is 13.5. The first kappa shape index (κ1) is 15.9. The van der Waals surface area contributed by atoms with Crippen LogP contribution < -0.4 is 10.6 Å². The minimum atomic E-state index is -0.759. The molecule has 3 heterocycles. The SMILES string of the molecule is Cc1cc(F)cn2c(C(C)(C)NC(=O)[C@@H]3CNCCO3)ncc12. The zero-order valence-corrected chi connectivity index (χ0v) is 13.5. The maximum absolute atomic E-state index is 13.7. The van der Waals surface area contributed by atoms with Crippen LogP contribution in [0.5, 0.6) is 0 Å². The van der Waals surface area contributed by atoms with Crippen molar-refractivity contribution in [3.05, 3.63) is 35.7 Å². The van der Waals surface area contributed by atoms with Crippen LogP contribution in [0.4, 0.5) is 4.39 Å². The Morgan fingerprint density at radius 2 is 2.35 bits per heavy atom. The standard InChI is InChI=1S/C16H21FN4O2/c1-10-6-11(17)9-21-12(10)7-19-15(21)16(2,3)20-14(22)13-8-18-4-5-23-13/h6-7,9,13,18H,4-5,8H2,1-3H3,(H,20,22)/t13-/m0/s1. The van der Waals surface area contributed by atoms with Crippen molar-refractivity contribution in [2.75, 3.05) is 19.7 Å². The van der Waals surface area contributed by atoms with Gasteiger partial charge < -0.3 is 15.4 Å². The molecule has 1 atom stereocenters. The second-order valence-corrected chi connectivity index (χ2v) is 6.36. The molecule has 1 aliphatic rings. The summed E-state index contributed by atoms with van der Waals surface area (Å²) in [7, 11) is 0. The first-order valence-corrected chi connectivity index (χ1v) is 7.66. The summed E-state index contributed by atoms with van der Waals surface area (Å²) < 4.78 is 20.9. The van der Waals surface area contributed by atoms with Crippen LogP contribution in [0.2, 0.25) is 0 Å². The van der Waals surface area contributed by atoms with E-state index in [4.69, 9.17) is 4.74 Å². The molecule has 1 amide bonds. The molecule has 0 aliphatic carbocycles. The van der Waals surface area contributed by atoms with Crippen LogP contribution in [0.1, 0.15) is 25.2 Å². The maximum Gasteiger partial charge on any atom is 0.251 e. The van der Waals surface area contributed by atoms with Crippen LogP contribution in [0.15, 0.2) is 18.5 Å². The van der Waals surface area contributed by atoms with E-state index in [1.165, 1.54) is 12.3 Å². The van der Waals surface area contributed by atoms with E-state index in [9.17, 15) is 9.18 Å². The second-order valence-electron chi connectivity index (χ2n) is 6.36. The van der Waals surface area contributed by atoms with E-state index in [2.05, 4.69) is 15.6 Å². The monoisotopic (exact) mass is 320 g/mol. The number of carbonyl (C=O) groups is 1. The molecule has 124 valence electrons. The number of ether oxygens (including phenoxy) is 1. The lowest BCUT2D eigenvalue weighted by Gasteiger charge is -2.29. The van der Waals surface area contributed by atoms with Gasteiger partial charge in [0, 0.05) is 19.3 Å². The summed E-state index contributed by atoms with van der Waals surface area (Å²) in [6.45, 7) is 7.26. The summed E-state index contributed by atoms with van der Waals surface area (Å²) >= 11 is 0. The largest absolute Gasteiger partial charge is 0.366 e. The highest BCUT2D eigenvalue weighted by atomic mass is 19.1. The number of imidazole rings is 1. The summed E-state index contributed by atoms with van der Waals surface area (Å²) in [6.07, 6.45) is 2.56. The van der Waals surface area contributed by atoms with Gasteiger partial charge >= 0.3 is 0 Å². The van der Waals surface area contributed by atoms with E-state index in [-0.39, 0.29) is 11.7 Å². The summed E-state index contributed by atoms with van der Waals surface area (Å²) in [5.74, 6) is 0.0375. The first-order valence-electron chi connectivity index (χ1n) is 7.66. The van der Waals surface area contributed by atoms with Gasteiger partial charge in [-0.2, -0.15) is 0 Å². The van der Waals surface area contributed by atoms with Crippen molar-refractivity contribution in [2.24, 2.45) is 0 Å². The Bertz CT molecular complexity index is 735. The molecule has 0 radical (unpaired) electrons. The molecule has 2 aromatic heterocycles. The third-order valence-corrected chi connectivity index (χ3v) is 4.02. The van der Waals surface area contributed by atoms with Gasteiger partial charge in [0.2, 0.25) is 0 Å². The highest BCUT2D eigenvalue weighted by Crippen LogP contribution is 2.23. The van der Waals surface area contributed by atoms with Crippen LogP contribution in [-0.4, -0.2) is 41.1 Å². The lowest BCUT2D eigenvalue weighted by atomic mass is 10.0. The van der Waals surface area contributed by atoms with Crippen molar-refractivity contribution in [1.82, 2.24) is 20.0 Å². The fourth-order valence-corrected chi connectivity index (χ4v) is 2.87. The molecule has 23 heavy (non-hydrogen) atoms. The molecular weight excluding hydrogens is 299 g/mol. The molecular formula is C16H21FN4O2. The number of fused-ring (bicyclic) bond motifs is 1. The number of aryl methyl sites for hydroxylation is 1. The minimum absolute atomic E-state index is 0.202. The van der Waals surface area contributed by atoms with Crippen LogP contribution in [0.25, 0.3) is 5.52 Å². The van der Waals surface area contributed by atoms with Gasteiger partial charge in [0.05, 0.1) is 23.9 Å². The van der Waals surface area contributed by atoms with Gasteiger partial charge in [0.25, 0.3) is 5.91 Å². The van der Waals surface area contributed by atoms with Crippen LogP contribution in [-0.2, 0) is 15.1 Å². The van der Waals surface area contributed by atoms with E-state index in [0.29, 0.717) is 19.0 Å². The number of nitrogens with zero attached hydrogens (tertiary/aromatic N) is 2. The highest BCUT2D eigenvalue weighted by Gasteiger charge is 2.32. The van der Waals surface area contributed by atoms with Gasteiger partial charge in [-0.05, 0) is 32.4 Å². The van der Waals surface area contributed by atoms with E-state index in [1.807, 2.05) is 20.8 Å². The van der Waals surface area contributed by atoms with Gasteiger partial charge in [0.15, 0.2) is 0 Å². The number of amides is 1. The molecule has 6 nitrogen and oxygen atoms in total. The third kappa shape index (κ3) is 3.07. The summed E-state index contributed by atoms with van der Waals surface area (Å²) in [6, 6.07) is 1.47. The lowest BCUT2D eigenvalue weighted by Crippen LogP contribution is -2.52. The minimum Gasteiger partial charge on any atom is -0.366 e. The second kappa shape index (κ2) is 5.90. The molecule has 3 rings (SSSR count). The van der Waals surface area contributed by atoms with Crippen molar-refractivity contribution in [3.8, 4) is 0 Å². The van der Waals surface area contributed by atoms with E-state index in [0.717, 1.165) is 17.6 Å². The van der Waals surface area contributed by atoms with Gasteiger partial charge in [-0.1, -0.05) is 0 Å². The zero-order chi connectivity index (χ0) is 16.6. The molecule has 1 aliphatic heterocycles. The summed E-state index contributed by atoms with van der Waals surface area (Å²) in [5, 5.41) is 6.07. The van der Waals surface area contributed by atoms with Crippen molar-refractivity contribution in [1.29, 1.82) is 0 Å². The highest BCUT2D eigenvalue weighted by molar-refractivity contribution is 5.82. The van der Waals surface area contributed by atoms with Crippen molar-refractivity contribution >= 4 is 11.4 Å². The molecule has 1 saturated heterocycles. The number of nitrogens with one attached hydrogen (secondary N) is 2. The fraction of sp³-hybridized carbons (Fsp3) is 0.500. The predicted octanol–water partition coefficient (Wildman–Crippen LogP) is 1.12. The van der Waals surface area contributed by atoms with E-state index >= 15 is 0 Å². The Kier molecular flexibility index (Phi) is 4.08. The smallest absolute Gasteiger partial charge is 0.251 e. The molecule has 1 fully saturated rings. The Morgan fingerprint density at radius 3 is 3.04 bits per heavy atom. The molecule has 0 unspecified atom stereocenters. The Hall–Kier alpha value is -1.99.